The number of hydrogen-bond acceptors (Lipinski definition) is 2. The highest BCUT2D eigenvalue weighted by molar-refractivity contribution is 6.05. The summed E-state index contributed by atoms with van der Waals surface area (Å²) in [5.41, 5.74) is -5.29. The summed E-state index contributed by atoms with van der Waals surface area (Å²) < 4.78 is 92.5. The summed E-state index contributed by atoms with van der Waals surface area (Å²) in [7, 11) is 1.43. The second kappa shape index (κ2) is 7.15. The molecule has 4 nitrogen and oxygen atoms in total. The van der Waals surface area contributed by atoms with E-state index in [-0.39, 0.29) is 17.0 Å². The van der Waals surface area contributed by atoms with Crippen LogP contribution in [0, 0.1) is 5.82 Å². The molecule has 30 heavy (non-hydrogen) atoms. The van der Waals surface area contributed by atoms with Crippen LogP contribution < -0.4 is 10.7 Å². The first-order valence-electron chi connectivity index (χ1n) is 8.17. The van der Waals surface area contributed by atoms with Crippen LogP contribution in [-0.4, -0.2) is 10.5 Å². The third-order valence-corrected chi connectivity index (χ3v) is 4.24. The summed E-state index contributed by atoms with van der Waals surface area (Å²) in [6.07, 6.45) is -9.15. The Labute approximate surface area is 163 Å². The van der Waals surface area contributed by atoms with Crippen LogP contribution in [0.4, 0.5) is 36.4 Å². The molecule has 0 aliphatic carbocycles. The average molecular weight is 432 g/mol. The van der Waals surface area contributed by atoms with E-state index >= 15 is 0 Å². The normalized spacial score (nSPS) is 12.3. The zero-order valence-electron chi connectivity index (χ0n) is 15.0. The zero-order valence-corrected chi connectivity index (χ0v) is 15.0. The van der Waals surface area contributed by atoms with Gasteiger partial charge in [0.05, 0.1) is 16.6 Å². The van der Waals surface area contributed by atoms with Crippen LogP contribution in [0.2, 0.25) is 0 Å². The van der Waals surface area contributed by atoms with Crippen LogP contribution in [0.15, 0.2) is 47.4 Å². The summed E-state index contributed by atoms with van der Waals surface area (Å²) in [4.78, 5) is 25.0. The van der Waals surface area contributed by atoms with Gasteiger partial charge in [-0.3, -0.25) is 9.59 Å². The number of carbonyl (C=O) groups is 1. The minimum atomic E-state index is -5.10. The van der Waals surface area contributed by atoms with Crippen molar-refractivity contribution in [3.05, 3.63) is 75.3 Å². The number of halogens is 7. The van der Waals surface area contributed by atoms with Gasteiger partial charge in [-0.2, -0.15) is 26.3 Å². The molecule has 158 valence electrons. The van der Waals surface area contributed by atoms with Gasteiger partial charge in [-0.15, -0.1) is 0 Å². The van der Waals surface area contributed by atoms with Crippen molar-refractivity contribution < 1.29 is 35.5 Å². The monoisotopic (exact) mass is 432 g/mol. The second-order valence-corrected chi connectivity index (χ2v) is 6.39. The largest absolute Gasteiger partial charge is 0.416 e. The number of alkyl halides is 6. The van der Waals surface area contributed by atoms with E-state index in [4.69, 9.17) is 0 Å². The van der Waals surface area contributed by atoms with Crippen molar-refractivity contribution in [2.45, 2.75) is 12.4 Å². The van der Waals surface area contributed by atoms with Crippen molar-refractivity contribution >= 4 is 22.5 Å². The smallest absolute Gasteiger partial charge is 0.350 e. The molecule has 3 rings (SSSR count). The number of hydrogen-bond donors (Lipinski definition) is 1. The summed E-state index contributed by atoms with van der Waals surface area (Å²) >= 11 is 0. The molecule has 0 aliphatic heterocycles. The highest BCUT2D eigenvalue weighted by Crippen LogP contribution is 2.37. The summed E-state index contributed by atoms with van der Waals surface area (Å²) in [6, 6.07) is 3.80. The number of amides is 1. The number of nitrogens with zero attached hydrogens (tertiary/aromatic N) is 1. The Morgan fingerprint density at radius 3 is 2.03 bits per heavy atom. The molecule has 0 fully saturated rings. The van der Waals surface area contributed by atoms with Gasteiger partial charge >= 0.3 is 12.4 Å². The van der Waals surface area contributed by atoms with Crippen LogP contribution in [0.3, 0.4) is 0 Å². The minimum absolute atomic E-state index is 0.0898. The SMILES string of the molecule is Cn1cc(C(=O)Nc2cc(C(F)(F)F)cc(C(F)(F)F)c2)c(=O)c2cc(F)ccc21. The Morgan fingerprint density at radius 2 is 1.50 bits per heavy atom. The predicted octanol–water partition coefficient (Wildman–Crippen LogP) is 4.97. The van der Waals surface area contributed by atoms with Crippen molar-refractivity contribution in [1.29, 1.82) is 0 Å². The quantitative estimate of drug-likeness (QED) is 0.582. The Morgan fingerprint density at radius 1 is 0.933 bits per heavy atom. The number of nitrogens with one attached hydrogen (secondary N) is 1. The Kier molecular flexibility index (Phi) is 5.09. The standard InChI is InChI=1S/C19H11F7N2O2/c1-28-8-14(16(29)13-7-11(20)2-3-15(13)28)17(30)27-12-5-9(18(21,22)23)4-10(6-12)19(24,25)26/h2-8H,1H3,(H,27,30). The van der Waals surface area contributed by atoms with E-state index in [9.17, 15) is 40.3 Å². The molecule has 1 heterocycles. The molecule has 0 atom stereocenters. The fourth-order valence-electron chi connectivity index (χ4n) is 2.85. The molecule has 0 saturated heterocycles. The Bertz CT molecular complexity index is 1180. The van der Waals surface area contributed by atoms with E-state index < -0.39 is 51.9 Å². The number of carbonyl (C=O) groups excluding carboxylic acids is 1. The number of pyridine rings is 1. The highest BCUT2D eigenvalue weighted by Gasteiger charge is 2.37. The van der Waals surface area contributed by atoms with E-state index in [1.165, 1.54) is 17.7 Å². The van der Waals surface area contributed by atoms with Crippen LogP contribution >= 0.6 is 0 Å². The van der Waals surface area contributed by atoms with E-state index in [1.807, 2.05) is 5.32 Å². The van der Waals surface area contributed by atoms with E-state index in [0.29, 0.717) is 12.1 Å². The predicted molar refractivity (Wildman–Crippen MR) is 93.5 cm³/mol. The lowest BCUT2D eigenvalue weighted by Crippen LogP contribution is -2.24. The fraction of sp³-hybridized carbons (Fsp3) is 0.158. The minimum Gasteiger partial charge on any atom is -0.350 e. The van der Waals surface area contributed by atoms with Gasteiger partial charge in [-0.05, 0) is 36.4 Å². The fourth-order valence-corrected chi connectivity index (χ4v) is 2.85. The molecule has 1 amide bonds. The van der Waals surface area contributed by atoms with Crippen molar-refractivity contribution in [2.75, 3.05) is 5.32 Å². The molecule has 0 spiro atoms. The molecular weight excluding hydrogens is 421 g/mol. The molecule has 2 aromatic carbocycles. The third-order valence-electron chi connectivity index (χ3n) is 4.24. The van der Waals surface area contributed by atoms with Crippen LogP contribution in [0.5, 0.6) is 0 Å². The molecule has 1 N–H and O–H groups in total. The second-order valence-electron chi connectivity index (χ2n) is 6.39. The van der Waals surface area contributed by atoms with Crippen molar-refractivity contribution in [3.8, 4) is 0 Å². The molecule has 11 heteroatoms. The summed E-state index contributed by atoms with van der Waals surface area (Å²) in [6.45, 7) is 0. The Hall–Kier alpha value is -3.37. The lowest BCUT2D eigenvalue weighted by Gasteiger charge is -2.15. The first-order chi connectivity index (χ1) is 13.8. The first kappa shape index (κ1) is 21.3. The van der Waals surface area contributed by atoms with Crippen LogP contribution in [0.25, 0.3) is 10.9 Å². The third kappa shape index (κ3) is 4.14. The molecule has 0 saturated carbocycles. The number of rotatable bonds is 2. The number of anilines is 1. The van der Waals surface area contributed by atoms with E-state index in [1.54, 1.807) is 0 Å². The van der Waals surface area contributed by atoms with Crippen molar-refractivity contribution in [1.82, 2.24) is 4.57 Å². The van der Waals surface area contributed by atoms with Crippen molar-refractivity contribution in [2.24, 2.45) is 7.05 Å². The zero-order chi connectivity index (χ0) is 22.4. The number of aryl methyl sites for hydroxylation is 1. The number of fused-ring (bicyclic) bond motifs is 1. The molecule has 0 radical (unpaired) electrons. The van der Waals surface area contributed by atoms with Gasteiger partial charge in [-0.1, -0.05) is 0 Å². The average Bonchev–Trinajstić information content (AvgIpc) is 2.62. The maximum atomic E-state index is 13.5. The van der Waals surface area contributed by atoms with Crippen molar-refractivity contribution in [3.63, 3.8) is 0 Å². The number of aromatic nitrogens is 1. The van der Waals surface area contributed by atoms with Gasteiger partial charge in [0.1, 0.15) is 11.4 Å². The van der Waals surface area contributed by atoms with Gasteiger partial charge in [-0.25, -0.2) is 4.39 Å². The molecule has 0 unspecified atom stereocenters. The molecule has 3 aromatic rings. The van der Waals surface area contributed by atoms with Gasteiger partial charge in [0, 0.05) is 24.3 Å². The topological polar surface area (TPSA) is 51.1 Å². The summed E-state index contributed by atoms with van der Waals surface area (Å²) in [5.74, 6) is -2.00. The van der Waals surface area contributed by atoms with Gasteiger partial charge < -0.3 is 9.88 Å². The first-order valence-corrected chi connectivity index (χ1v) is 8.17. The molecular formula is C19H11F7N2O2. The summed E-state index contributed by atoms with van der Waals surface area (Å²) in [5, 5.41) is 1.71. The molecule has 1 aromatic heterocycles. The van der Waals surface area contributed by atoms with Gasteiger partial charge in [0.2, 0.25) is 5.43 Å². The molecule has 0 aliphatic rings. The van der Waals surface area contributed by atoms with E-state index in [2.05, 4.69) is 0 Å². The maximum Gasteiger partial charge on any atom is 0.416 e. The van der Waals surface area contributed by atoms with Gasteiger partial charge in [0.15, 0.2) is 0 Å². The number of benzene rings is 2. The maximum absolute atomic E-state index is 13.5. The molecule has 0 bridgehead atoms. The lowest BCUT2D eigenvalue weighted by atomic mass is 10.1. The Balaban J connectivity index is 2.08. The van der Waals surface area contributed by atoms with Gasteiger partial charge in [0.25, 0.3) is 5.91 Å². The highest BCUT2D eigenvalue weighted by atomic mass is 19.4. The van der Waals surface area contributed by atoms with Crippen LogP contribution in [0.1, 0.15) is 21.5 Å². The lowest BCUT2D eigenvalue weighted by molar-refractivity contribution is -0.143. The van der Waals surface area contributed by atoms with Crippen LogP contribution in [-0.2, 0) is 19.4 Å². The van der Waals surface area contributed by atoms with E-state index in [0.717, 1.165) is 18.3 Å².